The molecule has 0 radical (unpaired) electrons. The topological polar surface area (TPSA) is 83.0 Å². The first-order valence-corrected chi connectivity index (χ1v) is 11.2. The van der Waals surface area contributed by atoms with Gasteiger partial charge in [-0.25, -0.2) is 4.98 Å². The van der Waals surface area contributed by atoms with Crippen molar-refractivity contribution >= 4 is 33.3 Å². The Bertz CT molecular complexity index is 1050. The molecule has 1 atom stereocenters. The second-order valence-electron chi connectivity index (χ2n) is 7.29. The van der Waals surface area contributed by atoms with Crippen molar-refractivity contribution in [1.29, 1.82) is 0 Å². The molecular formula is C19H24N4O3S2. The Hall–Kier alpha value is -1.71. The monoisotopic (exact) mass is 420 g/mol. The number of nitrogens with zero attached hydrogens (tertiary/aromatic N) is 4. The molecule has 1 aliphatic rings. The highest BCUT2D eigenvalue weighted by atomic mass is 32.2. The molecule has 0 spiro atoms. The number of aryl methyl sites for hydroxylation is 2. The van der Waals surface area contributed by atoms with E-state index in [4.69, 9.17) is 14.2 Å². The molecule has 150 valence electrons. The van der Waals surface area contributed by atoms with Crippen molar-refractivity contribution < 1.29 is 9.26 Å². The number of thiophene rings is 1. The largest absolute Gasteiger partial charge is 0.383 e. The Balaban J connectivity index is 1.73. The summed E-state index contributed by atoms with van der Waals surface area (Å²) in [6.07, 6.45) is 3.14. The zero-order valence-electron chi connectivity index (χ0n) is 16.5. The van der Waals surface area contributed by atoms with E-state index in [0.717, 1.165) is 29.5 Å². The lowest BCUT2D eigenvalue weighted by Gasteiger charge is -2.13. The molecule has 1 aliphatic carbocycles. The van der Waals surface area contributed by atoms with Gasteiger partial charge in [-0.15, -0.1) is 11.3 Å². The molecule has 0 saturated heterocycles. The van der Waals surface area contributed by atoms with Crippen LogP contribution in [0.3, 0.4) is 0 Å². The Labute approximate surface area is 171 Å². The molecule has 3 aromatic rings. The molecule has 0 N–H and O–H groups in total. The van der Waals surface area contributed by atoms with Crippen LogP contribution in [0.25, 0.3) is 10.2 Å². The van der Waals surface area contributed by atoms with Crippen molar-refractivity contribution in [1.82, 2.24) is 19.7 Å². The second-order valence-corrected chi connectivity index (χ2v) is 9.68. The zero-order chi connectivity index (χ0) is 19.8. The normalized spacial score (nSPS) is 14.9. The summed E-state index contributed by atoms with van der Waals surface area (Å²) >= 11 is 3.13. The SMILES string of the molecule is COCCn1c(SC(C)c2nc(C(C)C)no2)nc2sc3c(c2c1=O)CCC3. The van der Waals surface area contributed by atoms with Crippen LogP contribution in [0.15, 0.2) is 14.5 Å². The van der Waals surface area contributed by atoms with Gasteiger partial charge in [-0.1, -0.05) is 30.8 Å². The molecule has 0 aromatic carbocycles. The smallest absolute Gasteiger partial charge is 0.263 e. The van der Waals surface area contributed by atoms with Crippen LogP contribution in [0.2, 0.25) is 0 Å². The van der Waals surface area contributed by atoms with Gasteiger partial charge in [0.15, 0.2) is 11.0 Å². The molecule has 0 fully saturated rings. The molecule has 3 aromatic heterocycles. The van der Waals surface area contributed by atoms with Crippen LogP contribution in [0.4, 0.5) is 0 Å². The third-order valence-electron chi connectivity index (χ3n) is 4.91. The molecule has 3 heterocycles. The van der Waals surface area contributed by atoms with E-state index in [-0.39, 0.29) is 16.7 Å². The van der Waals surface area contributed by atoms with Gasteiger partial charge in [-0.2, -0.15) is 4.98 Å². The van der Waals surface area contributed by atoms with E-state index in [1.54, 1.807) is 23.0 Å². The van der Waals surface area contributed by atoms with Gasteiger partial charge in [-0.05, 0) is 31.7 Å². The minimum atomic E-state index is -0.107. The molecular weight excluding hydrogens is 396 g/mol. The van der Waals surface area contributed by atoms with Crippen molar-refractivity contribution in [3.05, 3.63) is 32.5 Å². The predicted molar refractivity (Wildman–Crippen MR) is 110 cm³/mol. The summed E-state index contributed by atoms with van der Waals surface area (Å²) in [5, 5.41) is 5.41. The number of hydrogen-bond donors (Lipinski definition) is 0. The zero-order valence-corrected chi connectivity index (χ0v) is 18.2. The molecule has 7 nitrogen and oxygen atoms in total. The summed E-state index contributed by atoms with van der Waals surface area (Å²) in [5.74, 6) is 1.45. The van der Waals surface area contributed by atoms with Crippen molar-refractivity contribution in [2.75, 3.05) is 13.7 Å². The highest BCUT2D eigenvalue weighted by molar-refractivity contribution is 7.99. The summed E-state index contributed by atoms with van der Waals surface area (Å²) in [6, 6.07) is 0. The number of rotatable bonds is 7. The van der Waals surface area contributed by atoms with Crippen LogP contribution in [-0.2, 0) is 24.1 Å². The van der Waals surface area contributed by atoms with Gasteiger partial charge >= 0.3 is 0 Å². The predicted octanol–water partition coefficient (Wildman–Crippen LogP) is 3.95. The van der Waals surface area contributed by atoms with Crippen molar-refractivity contribution in [2.45, 2.75) is 62.9 Å². The third-order valence-corrected chi connectivity index (χ3v) is 7.18. The average molecular weight is 421 g/mol. The Kier molecular flexibility index (Phi) is 5.57. The highest BCUT2D eigenvalue weighted by Crippen LogP contribution is 2.38. The lowest BCUT2D eigenvalue weighted by Crippen LogP contribution is -2.25. The van der Waals surface area contributed by atoms with Gasteiger partial charge in [0, 0.05) is 17.9 Å². The lowest BCUT2D eigenvalue weighted by atomic mass is 10.2. The molecule has 0 amide bonds. The maximum absolute atomic E-state index is 13.3. The molecule has 0 aliphatic heterocycles. The van der Waals surface area contributed by atoms with Gasteiger partial charge in [0.2, 0.25) is 5.89 Å². The summed E-state index contributed by atoms with van der Waals surface area (Å²) < 4.78 is 12.4. The summed E-state index contributed by atoms with van der Waals surface area (Å²) in [4.78, 5) is 24.8. The molecule has 4 rings (SSSR count). The second kappa shape index (κ2) is 7.96. The number of methoxy groups -OCH3 is 1. The quantitative estimate of drug-likeness (QED) is 0.423. The van der Waals surface area contributed by atoms with E-state index < -0.39 is 0 Å². The summed E-state index contributed by atoms with van der Waals surface area (Å²) in [5.41, 5.74) is 1.23. The number of hydrogen-bond acceptors (Lipinski definition) is 8. The number of ether oxygens (including phenoxy) is 1. The van der Waals surface area contributed by atoms with Crippen LogP contribution in [0, 0.1) is 0 Å². The van der Waals surface area contributed by atoms with Crippen LogP contribution < -0.4 is 5.56 Å². The first-order valence-electron chi connectivity index (χ1n) is 9.53. The molecule has 9 heteroatoms. The fourth-order valence-electron chi connectivity index (χ4n) is 3.38. The molecule has 0 bridgehead atoms. The minimum absolute atomic E-state index is 0.0320. The Morgan fingerprint density at radius 1 is 1.29 bits per heavy atom. The first kappa shape index (κ1) is 19.6. The molecule has 1 unspecified atom stereocenters. The van der Waals surface area contributed by atoms with E-state index in [2.05, 4.69) is 10.1 Å². The van der Waals surface area contributed by atoms with E-state index in [0.29, 0.717) is 30.0 Å². The minimum Gasteiger partial charge on any atom is -0.383 e. The van der Waals surface area contributed by atoms with E-state index in [1.807, 2.05) is 20.8 Å². The third kappa shape index (κ3) is 3.51. The van der Waals surface area contributed by atoms with Gasteiger partial charge in [0.25, 0.3) is 5.56 Å². The van der Waals surface area contributed by atoms with Gasteiger partial charge in [0.05, 0.1) is 23.8 Å². The van der Waals surface area contributed by atoms with Gasteiger partial charge < -0.3 is 9.26 Å². The van der Waals surface area contributed by atoms with Gasteiger partial charge in [-0.3, -0.25) is 9.36 Å². The van der Waals surface area contributed by atoms with Crippen LogP contribution in [0.1, 0.15) is 60.5 Å². The van der Waals surface area contributed by atoms with Crippen LogP contribution in [0.5, 0.6) is 0 Å². The molecule has 28 heavy (non-hydrogen) atoms. The standard InChI is InChI=1S/C19H24N4O3S2/c1-10(2)15-20-16(26-22-15)11(3)27-19-21-17-14(12-6-5-7-13(12)28-17)18(24)23(19)8-9-25-4/h10-11H,5-9H2,1-4H3. The first-order chi connectivity index (χ1) is 13.5. The Morgan fingerprint density at radius 2 is 2.11 bits per heavy atom. The fourth-order valence-corrected chi connectivity index (χ4v) is 5.65. The maximum Gasteiger partial charge on any atom is 0.263 e. The van der Waals surface area contributed by atoms with Crippen molar-refractivity contribution in [3.8, 4) is 0 Å². The highest BCUT2D eigenvalue weighted by Gasteiger charge is 2.25. The fraction of sp³-hybridized carbons (Fsp3) is 0.579. The maximum atomic E-state index is 13.3. The molecule has 0 saturated carbocycles. The van der Waals surface area contributed by atoms with Crippen LogP contribution in [-0.4, -0.2) is 33.4 Å². The van der Waals surface area contributed by atoms with E-state index in [1.165, 1.54) is 22.2 Å². The number of fused-ring (bicyclic) bond motifs is 3. The van der Waals surface area contributed by atoms with Crippen LogP contribution >= 0.6 is 23.1 Å². The number of thioether (sulfide) groups is 1. The van der Waals surface area contributed by atoms with Crippen molar-refractivity contribution in [2.24, 2.45) is 0 Å². The average Bonchev–Trinajstić information content (AvgIpc) is 3.36. The summed E-state index contributed by atoms with van der Waals surface area (Å²) in [6.45, 7) is 6.98. The number of aromatic nitrogens is 4. The summed E-state index contributed by atoms with van der Waals surface area (Å²) in [7, 11) is 1.64. The van der Waals surface area contributed by atoms with E-state index in [9.17, 15) is 4.79 Å². The van der Waals surface area contributed by atoms with Crippen molar-refractivity contribution in [3.63, 3.8) is 0 Å². The van der Waals surface area contributed by atoms with E-state index >= 15 is 0 Å². The Morgan fingerprint density at radius 3 is 2.82 bits per heavy atom. The lowest BCUT2D eigenvalue weighted by molar-refractivity contribution is 0.183. The van der Waals surface area contributed by atoms with Gasteiger partial charge in [0.1, 0.15) is 4.83 Å².